The van der Waals surface area contributed by atoms with Gasteiger partial charge in [0.05, 0.1) is 5.56 Å². The summed E-state index contributed by atoms with van der Waals surface area (Å²) >= 11 is 2.21. The summed E-state index contributed by atoms with van der Waals surface area (Å²) in [6, 6.07) is 15.5. The number of hydrogen-bond acceptors (Lipinski definition) is 2. The van der Waals surface area contributed by atoms with Gasteiger partial charge >= 0.3 is 5.97 Å². The molecule has 0 fully saturated rings. The molecule has 0 aliphatic carbocycles. The Hall–Kier alpha value is -1.36. The van der Waals surface area contributed by atoms with E-state index in [0.29, 0.717) is 18.1 Å². The van der Waals surface area contributed by atoms with Gasteiger partial charge in [-0.15, -0.1) is 0 Å². The summed E-state index contributed by atoms with van der Waals surface area (Å²) in [5.74, 6) is 0.229. The van der Waals surface area contributed by atoms with Crippen molar-refractivity contribution in [2.75, 3.05) is 0 Å². The van der Waals surface area contributed by atoms with Crippen LogP contribution in [-0.2, 0) is 11.3 Å². The molecule has 0 spiro atoms. The molecule has 0 aromatic heterocycles. The molecular weight excluding hydrogens is 363 g/mol. The maximum absolute atomic E-state index is 11.9. The summed E-state index contributed by atoms with van der Waals surface area (Å²) in [6.07, 6.45) is 0. The van der Waals surface area contributed by atoms with Gasteiger partial charge in [-0.2, -0.15) is 0 Å². The van der Waals surface area contributed by atoms with E-state index >= 15 is 0 Å². The Labute approximate surface area is 133 Å². The lowest BCUT2D eigenvalue weighted by atomic mass is 10.0. The van der Waals surface area contributed by atoms with Crippen molar-refractivity contribution in [3.8, 4) is 0 Å². The molecule has 0 aliphatic heterocycles. The van der Waals surface area contributed by atoms with Crippen molar-refractivity contribution in [1.29, 1.82) is 0 Å². The molecule has 2 nitrogen and oxygen atoms in total. The average molecular weight is 380 g/mol. The fraction of sp³-hybridized carbons (Fsp3) is 0.235. The molecule has 2 aromatic rings. The number of carbonyl (C=O) groups is 1. The van der Waals surface area contributed by atoms with Gasteiger partial charge in [-0.3, -0.25) is 0 Å². The maximum Gasteiger partial charge on any atom is 0.338 e. The van der Waals surface area contributed by atoms with Gasteiger partial charge in [-0.05, 0) is 63.9 Å². The Morgan fingerprint density at radius 2 is 1.65 bits per heavy atom. The summed E-state index contributed by atoms with van der Waals surface area (Å²) in [7, 11) is 0. The van der Waals surface area contributed by atoms with Crippen molar-refractivity contribution in [2.45, 2.75) is 26.4 Å². The van der Waals surface area contributed by atoms with Gasteiger partial charge in [0.2, 0.25) is 0 Å². The molecule has 0 N–H and O–H groups in total. The molecule has 2 aromatic carbocycles. The number of halogens is 1. The van der Waals surface area contributed by atoms with Crippen LogP contribution in [0.15, 0.2) is 48.5 Å². The van der Waals surface area contributed by atoms with Crippen molar-refractivity contribution >= 4 is 28.6 Å². The Morgan fingerprint density at radius 1 is 1.05 bits per heavy atom. The lowest BCUT2D eigenvalue weighted by molar-refractivity contribution is 0.0472. The normalized spacial score (nSPS) is 10.6. The number of hydrogen-bond donors (Lipinski definition) is 0. The van der Waals surface area contributed by atoms with E-state index in [4.69, 9.17) is 4.74 Å². The first-order valence-electron chi connectivity index (χ1n) is 6.58. The van der Waals surface area contributed by atoms with Crippen LogP contribution < -0.4 is 0 Å². The van der Waals surface area contributed by atoms with Crippen LogP contribution in [0.1, 0.15) is 41.3 Å². The molecule has 0 aliphatic rings. The smallest absolute Gasteiger partial charge is 0.338 e. The van der Waals surface area contributed by atoms with Gasteiger partial charge < -0.3 is 4.74 Å². The third kappa shape index (κ3) is 4.07. The predicted molar refractivity (Wildman–Crippen MR) is 88.8 cm³/mol. The molecule has 104 valence electrons. The summed E-state index contributed by atoms with van der Waals surface area (Å²) in [5, 5.41) is 0. The Balaban J connectivity index is 1.94. The monoisotopic (exact) mass is 380 g/mol. The molecule has 0 bridgehead atoms. The van der Waals surface area contributed by atoms with Crippen LogP contribution in [0, 0.1) is 3.57 Å². The number of ether oxygens (including phenoxy) is 1. The molecule has 3 heteroatoms. The number of carbonyl (C=O) groups excluding carboxylic acids is 1. The summed E-state index contributed by atoms with van der Waals surface area (Å²) in [4.78, 5) is 11.9. The van der Waals surface area contributed by atoms with Crippen molar-refractivity contribution in [1.82, 2.24) is 0 Å². The first-order valence-corrected chi connectivity index (χ1v) is 7.65. The standard InChI is InChI=1S/C17H17IO2/c1-12(2)14-5-3-13(4-6-14)11-20-17(19)15-7-9-16(18)10-8-15/h3-10,12H,11H2,1-2H3. The van der Waals surface area contributed by atoms with E-state index in [1.165, 1.54) is 5.56 Å². The summed E-state index contributed by atoms with van der Waals surface area (Å²) in [5.41, 5.74) is 2.88. The van der Waals surface area contributed by atoms with Crippen LogP contribution in [0.2, 0.25) is 0 Å². The summed E-state index contributed by atoms with van der Waals surface area (Å²) < 4.78 is 6.41. The highest BCUT2D eigenvalue weighted by Crippen LogP contribution is 2.15. The van der Waals surface area contributed by atoms with Gasteiger partial charge in [0, 0.05) is 3.57 Å². The van der Waals surface area contributed by atoms with Gasteiger partial charge in [-0.25, -0.2) is 4.79 Å². The van der Waals surface area contributed by atoms with E-state index in [1.807, 2.05) is 24.3 Å². The van der Waals surface area contributed by atoms with E-state index in [-0.39, 0.29) is 5.97 Å². The third-order valence-corrected chi connectivity index (χ3v) is 3.82. The van der Waals surface area contributed by atoms with Gasteiger partial charge in [-0.1, -0.05) is 38.1 Å². The molecule has 0 saturated carbocycles. The third-order valence-electron chi connectivity index (χ3n) is 3.10. The first-order chi connectivity index (χ1) is 9.56. The zero-order valence-electron chi connectivity index (χ0n) is 11.6. The molecule has 20 heavy (non-hydrogen) atoms. The topological polar surface area (TPSA) is 26.3 Å². The second kappa shape index (κ2) is 6.88. The van der Waals surface area contributed by atoms with E-state index < -0.39 is 0 Å². The Morgan fingerprint density at radius 3 is 2.20 bits per heavy atom. The first kappa shape index (κ1) is 15.0. The highest BCUT2D eigenvalue weighted by Gasteiger charge is 2.07. The molecule has 0 radical (unpaired) electrons. The SMILES string of the molecule is CC(C)c1ccc(COC(=O)c2ccc(I)cc2)cc1. The van der Waals surface area contributed by atoms with E-state index in [2.05, 4.69) is 48.6 Å². The molecular formula is C17H17IO2. The lowest BCUT2D eigenvalue weighted by Crippen LogP contribution is -2.05. The second-order valence-electron chi connectivity index (χ2n) is 4.98. The number of rotatable bonds is 4. The Kier molecular flexibility index (Phi) is 5.17. The minimum absolute atomic E-state index is 0.283. The quantitative estimate of drug-likeness (QED) is 0.564. The van der Waals surface area contributed by atoms with Gasteiger partial charge in [0.15, 0.2) is 0 Å². The molecule has 0 amide bonds. The van der Waals surface area contributed by atoms with Gasteiger partial charge in [0.1, 0.15) is 6.61 Å². The number of benzene rings is 2. The van der Waals surface area contributed by atoms with Crippen molar-refractivity contribution in [3.05, 3.63) is 68.8 Å². The number of esters is 1. The van der Waals surface area contributed by atoms with Crippen LogP contribution in [0.5, 0.6) is 0 Å². The average Bonchev–Trinajstić information content (AvgIpc) is 2.46. The second-order valence-corrected chi connectivity index (χ2v) is 6.22. The lowest BCUT2D eigenvalue weighted by Gasteiger charge is -2.08. The molecule has 0 atom stereocenters. The zero-order chi connectivity index (χ0) is 14.5. The largest absolute Gasteiger partial charge is 0.457 e. The van der Waals surface area contributed by atoms with Crippen molar-refractivity contribution in [2.24, 2.45) is 0 Å². The molecule has 0 unspecified atom stereocenters. The zero-order valence-corrected chi connectivity index (χ0v) is 13.8. The van der Waals surface area contributed by atoms with Crippen LogP contribution in [0.25, 0.3) is 0 Å². The van der Waals surface area contributed by atoms with Crippen LogP contribution in [0.4, 0.5) is 0 Å². The molecule has 2 rings (SSSR count). The van der Waals surface area contributed by atoms with Crippen LogP contribution in [-0.4, -0.2) is 5.97 Å². The highest BCUT2D eigenvalue weighted by molar-refractivity contribution is 14.1. The van der Waals surface area contributed by atoms with E-state index in [0.717, 1.165) is 9.13 Å². The van der Waals surface area contributed by atoms with Gasteiger partial charge in [0.25, 0.3) is 0 Å². The maximum atomic E-state index is 11.9. The highest BCUT2D eigenvalue weighted by atomic mass is 127. The van der Waals surface area contributed by atoms with Crippen molar-refractivity contribution < 1.29 is 9.53 Å². The van der Waals surface area contributed by atoms with Crippen molar-refractivity contribution in [3.63, 3.8) is 0 Å². The molecule has 0 saturated heterocycles. The van der Waals surface area contributed by atoms with Crippen LogP contribution >= 0.6 is 22.6 Å². The molecule has 0 heterocycles. The van der Waals surface area contributed by atoms with E-state index in [1.54, 1.807) is 12.1 Å². The predicted octanol–water partition coefficient (Wildman–Crippen LogP) is 4.77. The van der Waals surface area contributed by atoms with E-state index in [9.17, 15) is 4.79 Å². The fourth-order valence-corrected chi connectivity index (χ4v) is 2.18. The fourth-order valence-electron chi connectivity index (χ4n) is 1.82. The Bertz CT molecular complexity index is 571. The minimum Gasteiger partial charge on any atom is -0.457 e. The van der Waals surface area contributed by atoms with Crippen LogP contribution in [0.3, 0.4) is 0 Å². The summed E-state index contributed by atoms with van der Waals surface area (Å²) in [6.45, 7) is 4.63. The minimum atomic E-state index is -0.283.